The van der Waals surface area contributed by atoms with E-state index < -0.39 is 7.80 Å². The maximum atomic E-state index is 13.5. The Morgan fingerprint density at radius 1 is 0.885 bits per heavy atom. The Balaban J connectivity index is 1.98. The first-order valence-electron chi connectivity index (χ1n) is 8.42. The third-order valence-electron chi connectivity index (χ3n) is 4.87. The van der Waals surface area contributed by atoms with Crippen LogP contribution in [0, 0.1) is 20.8 Å². The summed E-state index contributed by atoms with van der Waals surface area (Å²) in [5, 5.41) is 1.69. The predicted molar refractivity (Wildman–Crippen MR) is 108 cm³/mol. The summed E-state index contributed by atoms with van der Waals surface area (Å²) >= 11 is 6.45. The number of benzene rings is 3. The molecule has 0 radical (unpaired) electrons. The van der Waals surface area contributed by atoms with Gasteiger partial charge in [-0.1, -0.05) is 46.0 Å². The molecule has 0 aliphatic carbocycles. The fourth-order valence-corrected chi connectivity index (χ4v) is 5.90. The van der Waals surface area contributed by atoms with Gasteiger partial charge in [0, 0.05) is 16.7 Å². The van der Waals surface area contributed by atoms with Crippen LogP contribution < -0.4 is 10.6 Å². The van der Waals surface area contributed by atoms with Gasteiger partial charge >= 0.3 is 7.80 Å². The van der Waals surface area contributed by atoms with E-state index in [4.69, 9.17) is 11.6 Å². The molecule has 0 aromatic heterocycles. The van der Waals surface area contributed by atoms with Crippen molar-refractivity contribution in [3.8, 4) is 11.1 Å². The van der Waals surface area contributed by atoms with E-state index in [9.17, 15) is 9.36 Å². The molecule has 0 spiro atoms. The Morgan fingerprint density at radius 3 is 2.23 bits per heavy atom. The topological polar surface area (TPSA) is 34.1 Å². The van der Waals surface area contributed by atoms with Crippen molar-refractivity contribution in [1.82, 2.24) is 0 Å². The second-order valence-corrected chi connectivity index (χ2v) is 8.66. The van der Waals surface area contributed by atoms with Crippen molar-refractivity contribution >= 4 is 35.8 Å². The first kappa shape index (κ1) is 17.1. The van der Waals surface area contributed by atoms with Crippen LogP contribution >= 0.6 is 19.4 Å². The van der Waals surface area contributed by atoms with Gasteiger partial charge in [-0.3, -0.25) is 4.79 Å². The number of hydrogen-bond acceptors (Lipinski definition) is 2. The van der Waals surface area contributed by atoms with Crippen LogP contribution in [-0.4, -0.2) is 5.78 Å². The average Bonchev–Trinajstić information content (AvgIpc) is 2.87. The summed E-state index contributed by atoms with van der Waals surface area (Å²) in [7, 11) is -1.84. The third-order valence-corrected chi connectivity index (χ3v) is 6.89. The highest BCUT2D eigenvalue weighted by Crippen LogP contribution is 2.41. The molecular weight excluding hydrogens is 363 g/mol. The molecule has 1 heterocycles. The normalized spacial score (nSPS) is 13.5. The number of ketones is 1. The standard InChI is InChI=1S/C22H17ClO2P/c1-12-10-13(2)19(14(3)11-12)21(24)20-17(23)9-8-16-15-6-4-5-7-18(15)26(25)22(16)20/h4-11H,1-3H3/q+1. The maximum Gasteiger partial charge on any atom is 0.417 e. The summed E-state index contributed by atoms with van der Waals surface area (Å²) in [5.41, 5.74) is 5.71. The SMILES string of the molecule is Cc1cc(C)c(C(=O)c2c(Cl)ccc3c2[P+](=O)c2ccccc2-3)c(C)c1. The monoisotopic (exact) mass is 379 g/mol. The molecule has 1 aliphatic heterocycles. The molecule has 0 saturated heterocycles. The summed E-state index contributed by atoms with van der Waals surface area (Å²) < 4.78 is 13.2. The van der Waals surface area contributed by atoms with E-state index in [1.807, 2.05) is 63.2 Å². The number of aryl methyl sites for hydroxylation is 3. The molecule has 0 amide bonds. The molecular formula is C22H17ClO2P+. The number of fused-ring (bicyclic) bond motifs is 3. The fraction of sp³-hybridized carbons (Fsp3) is 0.136. The van der Waals surface area contributed by atoms with Crippen molar-refractivity contribution in [2.45, 2.75) is 20.8 Å². The molecule has 26 heavy (non-hydrogen) atoms. The van der Waals surface area contributed by atoms with Crippen LogP contribution in [0.25, 0.3) is 11.1 Å². The summed E-state index contributed by atoms with van der Waals surface area (Å²) in [5.74, 6) is -0.155. The Labute approximate surface area is 158 Å². The number of carbonyl (C=O) groups excluding carboxylic acids is 1. The number of hydrogen-bond donors (Lipinski definition) is 0. The average molecular weight is 380 g/mol. The smallest absolute Gasteiger partial charge is 0.288 e. The van der Waals surface area contributed by atoms with Crippen LogP contribution in [0.4, 0.5) is 0 Å². The molecule has 0 N–H and O–H groups in total. The predicted octanol–water partition coefficient (Wildman–Crippen LogP) is 5.25. The van der Waals surface area contributed by atoms with E-state index in [0.717, 1.165) is 33.1 Å². The third kappa shape index (κ3) is 2.45. The van der Waals surface area contributed by atoms with Crippen LogP contribution in [-0.2, 0) is 4.57 Å². The lowest BCUT2D eigenvalue weighted by Gasteiger charge is -2.12. The van der Waals surface area contributed by atoms with Gasteiger partial charge in [-0.15, -0.1) is 0 Å². The van der Waals surface area contributed by atoms with Crippen molar-refractivity contribution in [3.63, 3.8) is 0 Å². The minimum atomic E-state index is -1.84. The van der Waals surface area contributed by atoms with Gasteiger partial charge in [-0.2, -0.15) is 0 Å². The van der Waals surface area contributed by atoms with Crippen LogP contribution in [0.1, 0.15) is 32.6 Å². The van der Waals surface area contributed by atoms with Crippen LogP contribution in [0.5, 0.6) is 0 Å². The molecule has 1 atom stereocenters. The molecule has 0 bridgehead atoms. The van der Waals surface area contributed by atoms with Gasteiger partial charge < -0.3 is 0 Å². The molecule has 4 rings (SSSR count). The van der Waals surface area contributed by atoms with Crippen molar-refractivity contribution in [2.75, 3.05) is 0 Å². The zero-order valence-electron chi connectivity index (χ0n) is 14.8. The zero-order chi connectivity index (χ0) is 18.6. The van der Waals surface area contributed by atoms with Crippen molar-refractivity contribution in [3.05, 3.63) is 81.4 Å². The second-order valence-electron chi connectivity index (χ2n) is 6.73. The minimum Gasteiger partial charge on any atom is -0.288 e. The Kier molecular flexibility index (Phi) is 4.06. The second kappa shape index (κ2) is 6.16. The van der Waals surface area contributed by atoms with Gasteiger partial charge in [0.15, 0.2) is 5.78 Å². The quantitative estimate of drug-likeness (QED) is 0.352. The number of carbonyl (C=O) groups is 1. The summed E-state index contributed by atoms with van der Waals surface area (Å²) in [6, 6.07) is 15.2. The first-order valence-corrected chi connectivity index (χ1v) is 10.1. The molecule has 3 aromatic carbocycles. The Bertz CT molecular complexity index is 1090. The first-order chi connectivity index (χ1) is 12.4. The molecule has 3 aromatic rings. The van der Waals surface area contributed by atoms with Gasteiger partial charge in [-0.05, 0) is 56.2 Å². The summed E-state index contributed by atoms with van der Waals surface area (Å²) in [6.07, 6.45) is 0. The largest absolute Gasteiger partial charge is 0.417 e. The Hall–Kier alpha value is -2.28. The molecule has 0 saturated carbocycles. The van der Waals surface area contributed by atoms with Crippen molar-refractivity contribution in [2.24, 2.45) is 0 Å². The molecule has 4 heteroatoms. The van der Waals surface area contributed by atoms with Gasteiger partial charge in [0.05, 0.1) is 10.6 Å². The van der Waals surface area contributed by atoms with E-state index in [-0.39, 0.29) is 5.78 Å². The lowest BCUT2D eigenvalue weighted by molar-refractivity contribution is 0.103. The van der Waals surface area contributed by atoms with Gasteiger partial charge in [0.25, 0.3) is 0 Å². The van der Waals surface area contributed by atoms with E-state index in [0.29, 0.717) is 21.5 Å². The van der Waals surface area contributed by atoms with E-state index in [2.05, 4.69) is 0 Å². The summed E-state index contributed by atoms with van der Waals surface area (Å²) in [4.78, 5) is 13.5. The van der Waals surface area contributed by atoms with Gasteiger partial charge in [0.2, 0.25) is 10.6 Å². The maximum absolute atomic E-state index is 13.5. The lowest BCUT2D eigenvalue weighted by atomic mass is 9.91. The highest BCUT2D eigenvalue weighted by atomic mass is 35.5. The molecule has 0 fully saturated rings. The van der Waals surface area contributed by atoms with Gasteiger partial charge in [-0.25, -0.2) is 0 Å². The zero-order valence-corrected chi connectivity index (χ0v) is 16.4. The van der Waals surface area contributed by atoms with Gasteiger partial charge in [0.1, 0.15) is 0 Å². The van der Waals surface area contributed by atoms with Crippen LogP contribution in [0.2, 0.25) is 5.02 Å². The Morgan fingerprint density at radius 2 is 1.54 bits per heavy atom. The molecule has 1 unspecified atom stereocenters. The molecule has 1 aliphatic rings. The lowest BCUT2D eigenvalue weighted by Crippen LogP contribution is -2.17. The number of rotatable bonds is 2. The van der Waals surface area contributed by atoms with E-state index in [1.54, 1.807) is 6.07 Å². The van der Waals surface area contributed by atoms with Crippen molar-refractivity contribution < 1.29 is 9.36 Å². The van der Waals surface area contributed by atoms with Crippen molar-refractivity contribution in [1.29, 1.82) is 0 Å². The van der Waals surface area contributed by atoms with E-state index >= 15 is 0 Å². The highest BCUT2D eigenvalue weighted by Gasteiger charge is 2.43. The summed E-state index contributed by atoms with van der Waals surface area (Å²) in [6.45, 7) is 5.87. The molecule has 128 valence electrons. The van der Waals surface area contributed by atoms with E-state index in [1.165, 1.54) is 0 Å². The van der Waals surface area contributed by atoms with Crippen LogP contribution in [0.3, 0.4) is 0 Å². The minimum absolute atomic E-state index is 0.155. The molecule has 2 nitrogen and oxygen atoms in total. The number of halogens is 1. The highest BCUT2D eigenvalue weighted by molar-refractivity contribution is 7.63. The van der Waals surface area contributed by atoms with Crippen LogP contribution in [0.15, 0.2) is 48.5 Å². The fourth-order valence-electron chi connectivity index (χ4n) is 3.87.